The molecule has 0 aliphatic carbocycles. The lowest BCUT2D eigenvalue weighted by Crippen LogP contribution is -2.52. The highest BCUT2D eigenvalue weighted by Gasteiger charge is 2.32. The van der Waals surface area contributed by atoms with E-state index in [-0.39, 0.29) is 12.5 Å². The fourth-order valence-electron chi connectivity index (χ4n) is 4.10. The summed E-state index contributed by atoms with van der Waals surface area (Å²) in [6.07, 6.45) is 1.60. The number of hydrogen-bond donors (Lipinski definition) is 3. The van der Waals surface area contributed by atoms with Gasteiger partial charge in [-0.1, -0.05) is 30.3 Å². The summed E-state index contributed by atoms with van der Waals surface area (Å²) in [6, 6.07) is 14.9. The first-order valence-electron chi connectivity index (χ1n) is 11.3. The highest BCUT2D eigenvalue weighted by Crippen LogP contribution is 2.29. The van der Waals surface area contributed by atoms with E-state index >= 15 is 0 Å². The Balaban J connectivity index is 1.50. The van der Waals surface area contributed by atoms with E-state index in [1.54, 1.807) is 25.3 Å². The van der Waals surface area contributed by atoms with Crippen molar-refractivity contribution in [1.29, 1.82) is 0 Å². The Morgan fingerprint density at radius 2 is 1.71 bits per heavy atom. The van der Waals surface area contributed by atoms with E-state index in [9.17, 15) is 9.59 Å². The number of aliphatic carboxylic acids is 1. The average Bonchev–Trinajstić information content (AvgIpc) is 2.91. The van der Waals surface area contributed by atoms with Crippen LogP contribution in [0.2, 0.25) is 0 Å². The lowest BCUT2D eigenvalue weighted by Gasteiger charge is -2.37. The van der Waals surface area contributed by atoms with E-state index in [1.807, 2.05) is 48.5 Å². The highest BCUT2D eigenvalue weighted by molar-refractivity contribution is 6.41. The molecular formula is C25H29N5O5. The second-order valence-electron chi connectivity index (χ2n) is 8.13. The van der Waals surface area contributed by atoms with Gasteiger partial charge in [0.1, 0.15) is 29.6 Å². The van der Waals surface area contributed by atoms with E-state index in [4.69, 9.17) is 14.6 Å². The lowest BCUT2D eigenvalue weighted by molar-refractivity contribution is -0.135. The fraction of sp³-hybridized carbons (Fsp3) is 0.320. The third-order valence-electron chi connectivity index (χ3n) is 5.94. The van der Waals surface area contributed by atoms with E-state index in [0.29, 0.717) is 49.2 Å². The number of carboxylic acid groups (broad SMARTS) is 1. The van der Waals surface area contributed by atoms with Gasteiger partial charge in [-0.15, -0.1) is 0 Å². The maximum absolute atomic E-state index is 13.6. The summed E-state index contributed by atoms with van der Waals surface area (Å²) < 4.78 is 10.8. The van der Waals surface area contributed by atoms with Crippen LogP contribution in [0.3, 0.4) is 0 Å². The summed E-state index contributed by atoms with van der Waals surface area (Å²) in [5.74, 6) is 0.533. The van der Waals surface area contributed by atoms with Crippen LogP contribution in [-0.2, 0) is 9.59 Å². The first-order chi connectivity index (χ1) is 17.0. The molecule has 10 nitrogen and oxygen atoms in total. The zero-order valence-electron chi connectivity index (χ0n) is 19.7. The van der Waals surface area contributed by atoms with Crippen LogP contribution in [-0.4, -0.2) is 74.5 Å². The second-order valence-corrected chi connectivity index (χ2v) is 8.13. The minimum absolute atomic E-state index is 0.183. The second kappa shape index (κ2) is 10.8. The maximum atomic E-state index is 13.6. The molecule has 1 unspecified atom stereocenters. The zero-order chi connectivity index (χ0) is 24.8. The molecule has 2 aromatic rings. The van der Waals surface area contributed by atoms with Crippen molar-refractivity contribution >= 4 is 23.3 Å². The van der Waals surface area contributed by atoms with Gasteiger partial charge in [0.15, 0.2) is 0 Å². The van der Waals surface area contributed by atoms with Crippen molar-refractivity contribution < 1.29 is 24.2 Å². The molecule has 1 fully saturated rings. The molecule has 0 spiro atoms. The zero-order valence-corrected chi connectivity index (χ0v) is 19.7. The van der Waals surface area contributed by atoms with E-state index in [0.717, 1.165) is 11.3 Å². The molecule has 2 aromatic carbocycles. The van der Waals surface area contributed by atoms with Crippen LogP contribution in [0.1, 0.15) is 11.6 Å². The number of nitrogens with one attached hydrogen (secondary N) is 2. The topological polar surface area (TPSA) is 116 Å². The Morgan fingerprint density at radius 3 is 2.31 bits per heavy atom. The first-order valence-corrected chi connectivity index (χ1v) is 11.3. The number of aliphatic imine (C=N–C) groups is 1. The minimum Gasteiger partial charge on any atom is -0.497 e. The number of nitrogens with zero attached hydrogens (tertiary/aromatic N) is 3. The molecule has 4 rings (SSSR count). The van der Waals surface area contributed by atoms with Gasteiger partial charge < -0.3 is 35.0 Å². The Labute approximate surface area is 203 Å². The molecule has 2 heterocycles. The quantitative estimate of drug-likeness (QED) is 0.523. The van der Waals surface area contributed by atoms with Crippen LogP contribution in [0.25, 0.3) is 0 Å². The number of piperazine rings is 1. The molecule has 2 aliphatic rings. The summed E-state index contributed by atoms with van der Waals surface area (Å²) in [7, 11) is 3.23. The predicted octanol–water partition coefficient (Wildman–Crippen LogP) is 1.61. The molecule has 184 valence electrons. The van der Waals surface area contributed by atoms with Crippen molar-refractivity contribution in [2.24, 2.45) is 4.99 Å². The van der Waals surface area contributed by atoms with Gasteiger partial charge in [0.25, 0.3) is 5.91 Å². The van der Waals surface area contributed by atoms with Crippen LogP contribution in [0, 0.1) is 0 Å². The van der Waals surface area contributed by atoms with Crippen molar-refractivity contribution in [3.05, 3.63) is 66.1 Å². The van der Waals surface area contributed by atoms with Crippen LogP contribution < -0.4 is 25.0 Å². The number of anilines is 1. The number of ether oxygens (including phenoxy) is 2. The Morgan fingerprint density at radius 1 is 1.06 bits per heavy atom. The predicted molar refractivity (Wildman–Crippen MR) is 132 cm³/mol. The average molecular weight is 480 g/mol. The van der Waals surface area contributed by atoms with Crippen LogP contribution >= 0.6 is 0 Å². The van der Waals surface area contributed by atoms with Gasteiger partial charge in [0.2, 0.25) is 0 Å². The molecule has 3 N–H and O–H groups in total. The standard InChI is InChI=1S/C25H29N5O5/c1-34-19-12-18(13-20(14-19)35-2)29-8-10-30(11-9-29)25(33)24-23(17-6-4-3-5-7-17)27-15-21(28-24)26-16-22(31)32/h3-7,12-15,23,26-27H,8-11,16H2,1-2H3,(H,31,32). The number of rotatable bonds is 8. The van der Waals surface area contributed by atoms with Gasteiger partial charge >= 0.3 is 5.97 Å². The molecule has 2 aliphatic heterocycles. The Hall–Kier alpha value is -4.21. The first kappa shape index (κ1) is 23.9. The Kier molecular flexibility index (Phi) is 7.39. The van der Waals surface area contributed by atoms with Crippen LogP contribution in [0.4, 0.5) is 5.69 Å². The summed E-state index contributed by atoms with van der Waals surface area (Å²) in [6.45, 7) is 2.01. The monoisotopic (exact) mass is 479 g/mol. The molecule has 1 saturated heterocycles. The molecule has 1 atom stereocenters. The van der Waals surface area contributed by atoms with Crippen molar-refractivity contribution in [2.45, 2.75) is 6.04 Å². The molecule has 0 saturated carbocycles. The summed E-state index contributed by atoms with van der Waals surface area (Å²) in [5, 5.41) is 14.9. The van der Waals surface area contributed by atoms with Crippen LogP contribution in [0.15, 0.2) is 65.5 Å². The molecule has 10 heteroatoms. The number of amides is 1. The van der Waals surface area contributed by atoms with Gasteiger partial charge in [-0.05, 0) is 5.56 Å². The number of benzene rings is 2. The summed E-state index contributed by atoms with van der Waals surface area (Å²) >= 11 is 0. The smallest absolute Gasteiger partial charge is 0.322 e. The largest absolute Gasteiger partial charge is 0.497 e. The normalized spacial score (nSPS) is 17.6. The number of carbonyl (C=O) groups is 2. The SMILES string of the molecule is COc1cc(OC)cc(N2CCN(C(=O)C3=NC(NCC(=O)O)=CNC3c3ccccc3)CC2)c1. The number of hydrogen-bond acceptors (Lipinski definition) is 8. The van der Waals surface area contributed by atoms with Gasteiger partial charge in [0, 0.05) is 56.3 Å². The number of methoxy groups -OCH3 is 2. The minimum atomic E-state index is -1.01. The van der Waals surface area contributed by atoms with E-state index < -0.39 is 12.0 Å². The van der Waals surface area contributed by atoms with Gasteiger partial charge in [-0.25, -0.2) is 4.99 Å². The van der Waals surface area contributed by atoms with Crippen molar-refractivity contribution in [3.63, 3.8) is 0 Å². The lowest BCUT2D eigenvalue weighted by atomic mass is 10.00. The molecular weight excluding hydrogens is 450 g/mol. The van der Waals surface area contributed by atoms with Gasteiger partial charge in [-0.3, -0.25) is 9.59 Å². The molecule has 0 radical (unpaired) electrons. The molecule has 35 heavy (non-hydrogen) atoms. The molecule has 0 bridgehead atoms. The number of carbonyl (C=O) groups excluding carboxylic acids is 1. The van der Waals surface area contributed by atoms with Gasteiger partial charge in [-0.2, -0.15) is 0 Å². The summed E-state index contributed by atoms with van der Waals surface area (Å²) in [5.41, 5.74) is 2.19. The van der Waals surface area contributed by atoms with Gasteiger partial charge in [0.05, 0.1) is 20.3 Å². The van der Waals surface area contributed by atoms with Crippen LogP contribution in [0.5, 0.6) is 11.5 Å². The molecule has 1 amide bonds. The van der Waals surface area contributed by atoms with E-state index in [1.165, 1.54) is 0 Å². The van der Waals surface area contributed by atoms with Crippen molar-refractivity contribution in [3.8, 4) is 11.5 Å². The number of carboxylic acids is 1. The van der Waals surface area contributed by atoms with Crippen molar-refractivity contribution in [2.75, 3.05) is 51.8 Å². The molecule has 0 aromatic heterocycles. The summed E-state index contributed by atoms with van der Waals surface area (Å²) in [4.78, 5) is 33.0. The third kappa shape index (κ3) is 5.65. The Bertz CT molecular complexity index is 1100. The van der Waals surface area contributed by atoms with E-state index in [2.05, 4.69) is 20.5 Å². The highest BCUT2D eigenvalue weighted by atomic mass is 16.5. The fourth-order valence-corrected chi connectivity index (χ4v) is 4.10. The van der Waals surface area contributed by atoms with Crippen molar-refractivity contribution in [1.82, 2.24) is 15.5 Å². The third-order valence-corrected chi connectivity index (χ3v) is 5.94. The maximum Gasteiger partial charge on any atom is 0.322 e.